The molecule has 0 aromatic carbocycles. The summed E-state index contributed by atoms with van der Waals surface area (Å²) in [5.74, 6) is 0. The highest BCUT2D eigenvalue weighted by atomic mass is 32.1. The summed E-state index contributed by atoms with van der Waals surface area (Å²) >= 11 is 1.88. The minimum absolute atomic E-state index is 0.687. The normalized spacial score (nSPS) is 23.9. The number of nitrogens with one attached hydrogen (secondary N) is 1. The lowest BCUT2D eigenvalue weighted by molar-refractivity contribution is 0.226. The average molecular weight is 224 g/mol. The Morgan fingerprint density at radius 3 is 3.33 bits per heavy atom. The summed E-state index contributed by atoms with van der Waals surface area (Å²) in [5, 5.41) is 5.65. The van der Waals surface area contributed by atoms with Crippen molar-refractivity contribution in [1.82, 2.24) is 10.2 Å². The average Bonchev–Trinajstić information content (AvgIpc) is 2.67. The third kappa shape index (κ3) is 3.30. The van der Waals surface area contributed by atoms with Crippen LogP contribution in [0.15, 0.2) is 17.5 Å². The molecule has 1 aromatic rings. The lowest BCUT2D eigenvalue weighted by atomic mass is 10.2. The number of hydrogen-bond acceptors (Lipinski definition) is 3. The predicted octanol–water partition coefficient (Wildman–Crippen LogP) is 1.97. The fourth-order valence-corrected chi connectivity index (χ4v) is 2.81. The van der Waals surface area contributed by atoms with E-state index in [1.165, 1.54) is 37.4 Å². The van der Waals surface area contributed by atoms with Gasteiger partial charge in [0.05, 0.1) is 0 Å². The van der Waals surface area contributed by atoms with Crippen LogP contribution in [-0.4, -0.2) is 37.1 Å². The molecule has 2 rings (SSSR count). The summed E-state index contributed by atoms with van der Waals surface area (Å²) in [6.45, 7) is 7.11. The Kier molecular flexibility index (Phi) is 4.18. The topological polar surface area (TPSA) is 15.3 Å². The van der Waals surface area contributed by atoms with Crippen LogP contribution >= 0.6 is 11.3 Å². The summed E-state index contributed by atoms with van der Waals surface area (Å²) in [6, 6.07) is 5.08. The Balaban J connectivity index is 1.81. The second kappa shape index (κ2) is 5.64. The van der Waals surface area contributed by atoms with E-state index in [-0.39, 0.29) is 0 Å². The molecule has 0 radical (unpaired) electrons. The van der Waals surface area contributed by atoms with Crippen LogP contribution in [0.2, 0.25) is 0 Å². The lowest BCUT2D eigenvalue weighted by Gasteiger charge is -2.26. The van der Waals surface area contributed by atoms with Crippen molar-refractivity contribution in [3.8, 4) is 0 Å². The minimum atomic E-state index is 0.687. The van der Waals surface area contributed by atoms with Crippen molar-refractivity contribution in [3.05, 3.63) is 22.4 Å². The van der Waals surface area contributed by atoms with Crippen LogP contribution in [-0.2, 0) is 6.42 Å². The van der Waals surface area contributed by atoms with E-state index in [4.69, 9.17) is 0 Å². The van der Waals surface area contributed by atoms with E-state index >= 15 is 0 Å². The highest BCUT2D eigenvalue weighted by Gasteiger charge is 2.15. The maximum absolute atomic E-state index is 3.48. The van der Waals surface area contributed by atoms with Crippen LogP contribution in [0, 0.1) is 0 Å². The maximum Gasteiger partial charge on any atom is 0.0192 e. The van der Waals surface area contributed by atoms with Crippen molar-refractivity contribution < 1.29 is 0 Å². The van der Waals surface area contributed by atoms with Crippen LogP contribution in [0.4, 0.5) is 0 Å². The van der Waals surface area contributed by atoms with Gasteiger partial charge in [-0.2, -0.15) is 0 Å². The fourth-order valence-electron chi connectivity index (χ4n) is 2.11. The molecule has 2 nitrogen and oxygen atoms in total. The first-order chi connectivity index (χ1) is 7.36. The highest BCUT2D eigenvalue weighted by molar-refractivity contribution is 7.09. The van der Waals surface area contributed by atoms with Crippen molar-refractivity contribution in [2.45, 2.75) is 25.8 Å². The molecule has 1 N–H and O–H groups in total. The first-order valence-electron chi connectivity index (χ1n) is 5.83. The zero-order chi connectivity index (χ0) is 10.5. The van der Waals surface area contributed by atoms with Crippen molar-refractivity contribution in [1.29, 1.82) is 0 Å². The summed E-state index contributed by atoms with van der Waals surface area (Å²) in [4.78, 5) is 4.12. The molecule has 0 spiro atoms. The largest absolute Gasteiger partial charge is 0.315 e. The van der Waals surface area contributed by atoms with Gasteiger partial charge in [0.2, 0.25) is 0 Å². The lowest BCUT2D eigenvalue weighted by Crippen LogP contribution is -2.38. The van der Waals surface area contributed by atoms with Crippen LogP contribution in [0.5, 0.6) is 0 Å². The van der Waals surface area contributed by atoms with Gasteiger partial charge in [0, 0.05) is 24.0 Å². The van der Waals surface area contributed by atoms with Crippen molar-refractivity contribution in [2.24, 2.45) is 0 Å². The van der Waals surface area contributed by atoms with Gasteiger partial charge in [0.15, 0.2) is 0 Å². The molecule has 2 heterocycles. The molecule has 0 saturated carbocycles. The van der Waals surface area contributed by atoms with Crippen LogP contribution in [0.1, 0.15) is 18.2 Å². The summed E-state index contributed by atoms with van der Waals surface area (Å²) in [6.07, 6.45) is 2.50. The van der Waals surface area contributed by atoms with Gasteiger partial charge < -0.3 is 5.32 Å². The zero-order valence-corrected chi connectivity index (χ0v) is 10.2. The number of thiophene rings is 1. The highest BCUT2D eigenvalue weighted by Crippen LogP contribution is 2.11. The third-order valence-corrected chi connectivity index (χ3v) is 4.02. The van der Waals surface area contributed by atoms with Gasteiger partial charge in [0.25, 0.3) is 0 Å². The zero-order valence-electron chi connectivity index (χ0n) is 9.41. The molecule has 1 unspecified atom stereocenters. The smallest absolute Gasteiger partial charge is 0.0192 e. The molecular formula is C12H20N2S. The van der Waals surface area contributed by atoms with Gasteiger partial charge in [-0.15, -0.1) is 11.3 Å². The number of nitrogens with zero attached hydrogens (tertiary/aromatic N) is 1. The molecule has 1 aromatic heterocycles. The van der Waals surface area contributed by atoms with Crippen LogP contribution < -0.4 is 5.32 Å². The summed E-state index contributed by atoms with van der Waals surface area (Å²) in [7, 11) is 0. The van der Waals surface area contributed by atoms with Gasteiger partial charge in [-0.1, -0.05) is 6.07 Å². The molecular weight excluding hydrogens is 204 g/mol. The Labute approximate surface area is 96.3 Å². The summed E-state index contributed by atoms with van der Waals surface area (Å²) in [5.41, 5.74) is 0. The molecule has 1 atom stereocenters. The monoisotopic (exact) mass is 224 g/mol. The quantitative estimate of drug-likeness (QED) is 0.844. The molecule has 0 aliphatic carbocycles. The fraction of sp³-hybridized carbons (Fsp3) is 0.667. The molecule has 0 amide bonds. The molecule has 0 bridgehead atoms. The van der Waals surface area contributed by atoms with Crippen molar-refractivity contribution >= 4 is 11.3 Å². The van der Waals surface area contributed by atoms with Gasteiger partial charge in [-0.3, -0.25) is 4.90 Å². The minimum Gasteiger partial charge on any atom is -0.315 e. The summed E-state index contributed by atoms with van der Waals surface area (Å²) < 4.78 is 0. The van der Waals surface area contributed by atoms with E-state index in [2.05, 4.69) is 34.7 Å². The van der Waals surface area contributed by atoms with E-state index in [0.29, 0.717) is 6.04 Å². The molecule has 15 heavy (non-hydrogen) atoms. The molecule has 1 aliphatic rings. The Morgan fingerprint density at radius 2 is 2.53 bits per heavy atom. The van der Waals surface area contributed by atoms with Crippen molar-refractivity contribution in [3.63, 3.8) is 0 Å². The van der Waals surface area contributed by atoms with Crippen LogP contribution in [0.3, 0.4) is 0 Å². The Hall–Kier alpha value is -0.380. The van der Waals surface area contributed by atoms with Gasteiger partial charge >= 0.3 is 0 Å². The predicted molar refractivity (Wildman–Crippen MR) is 66.5 cm³/mol. The molecule has 84 valence electrons. The second-order valence-corrected chi connectivity index (χ2v) is 5.30. The van der Waals surface area contributed by atoms with E-state index in [1.807, 2.05) is 11.3 Å². The molecule has 1 aliphatic heterocycles. The first-order valence-corrected chi connectivity index (χ1v) is 6.71. The first kappa shape index (κ1) is 11.1. The van der Waals surface area contributed by atoms with Gasteiger partial charge in [-0.25, -0.2) is 0 Å². The third-order valence-electron chi connectivity index (χ3n) is 3.09. The molecule has 1 fully saturated rings. The van der Waals surface area contributed by atoms with Gasteiger partial charge in [-0.05, 0) is 44.3 Å². The number of rotatable bonds is 3. The van der Waals surface area contributed by atoms with Crippen molar-refractivity contribution in [2.75, 3.05) is 26.2 Å². The van der Waals surface area contributed by atoms with Gasteiger partial charge in [0.1, 0.15) is 0 Å². The van der Waals surface area contributed by atoms with E-state index in [1.54, 1.807) is 0 Å². The molecule has 3 heteroatoms. The molecule has 1 saturated heterocycles. The van der Waals surface area contributed by atoms with E-state index in [9.17, 15) is 0 Å². The number of hydrogen-bond donors (Lipinski definition) is 1. The van der Waals surface area contributed by atoms with E-state index < -0.39 is 0 Å². The SMILES string of the molecule is CC1CNCCCN1CCc1cccs1. The maximum atomic E-state index is 3.48. The van der Waals surface area contributed by atoms with Crippen LogP contribution in [0.25, 0.3) is 0 Å². The Morgan fingerprint density at radius 1 is 1.60 bits per heavy atom. The Bertz CT molecular complexity index is 271. The second-order valence-electron chi connectivity index (χ2n) is 4.27. The van der Waals surface area contributed by atoms with E-state index in [0.717, 1.165) is 6.54 Å². The standard InChI is InChI=1S/C12H20N2S/c1-11-10-13-6-3-7-14(11)8-5-12-4-2-9-15-12/h2,4,9,11,13H,3,5-8,10H2,1H3.